The maximum absolute atomic E-state index is 5.81. The van der Waals surface area contributed by atoms with E-state index in [0.29, 0.717) is 5.92 Å². The van der Waals surface area contributed by atoms with Crippen LogP contribution in [-0.2, 0) is 6.42 Å². The Bertz CT molecular complexity index is 646. The molecule has 2 N–H and O–H groups in total. The first-order valence-electron chi connectivity index (χ1n) is 8.29. The van der Waals surface area contributed by atoms with Gasteiger partial charge in [0.2, 0.25) is 0 Å². The summed E-state index contributed by atoms with van der Waals surface area (Å²) < 4.78 is 0. The van der Waals surface area contributed by atoms with Crippen LogP contribution in [0.15, 0.2) is 42.5 Å². The molecule has 2 heteroatoms. The minimum atomic E-state index is 0.644. The van der Waals surface area contributed by atoms with E-state index < -0.39 is 0 Å². The molecule has 0 amide bonds. The molecule has 116 valence electrons. The zero-order chi connectivity index (χ0) is 15.5. The predicted molar refractivity (Wildman–Crippen MR) is 95.6 cm³/mol. The quantitative estimate of drug-likeness (QED) is 0.916. The highest BCUT2D eigenvalue weighted by Gasteiger charge is 2.20. The lowest BCUT2D eigenvalue weighted by atomic mass is 9.80. The van der Waals surface area contributed by atoms with E-state index in [9.17, 15) is 0 Å². The molecule has 3 rings (SSSR count). The molecule has 0 aromatic heterocycles. The molecule has 2 aromatic rings. The summed E-state index contributed by atoms with van der Waals surface area (Å²) >= 11 is 0. The van der Waals surface area contributed by atoms with Crippen molar-refractivity contribution in [3.63, 3.8) is 0 Å². The fraction of sp³-hybridized carbons (Fsp3) is 0.400. The molecule has 0 spiro atoms. The molecule has 1 aliphatic rings. The van der Waals surface area contributed by atoms with Gasteiger partial charge in [0.25, 0.3) is 0 Å². The maximum Gasteiger partial charge on any atom is 0.0367 e. The number of rotatable bonds is 4. The smallest absolute Gasteiger partial charge is 0.0367 e. The van der Waals surface area contributed by atoms with Crippen LogP contribution in [0.2, 0.25) is 0 Å². The monoisotopic (exact) mass is 294 g/mol. The van der Waals surface area contributed by atoms with Crippen molar-refractivity contribution in [2.45, 2.75) is 31.6 Å². The van der Waals surface area contributed by atoms with E-state index in [1.165, 1.54) is 47.2 Å². The topological polar surface area (TPSA) is 29.3 Å². The van der Waals surface area contributed by atoms with Gasteiger partial charge < -0.3 is 10.6 Å². The lowest BCUT2D eigenvalue weighted by Gasteiger charge is -2.26. The van der Waals surface area contributed by atoms with Crippen LogP contribution in [0, 0.1) is 0 Å². The molecular weight excluding hydrogens is 268 g/mol. The highest BCUT2D eigenvalue weighted by atomic mass is 15.1. The Morgan fingerprint density at radius 3 is 2.68 bits per heavy atom. The molecule has 2 nitrogen and oxygen atoms in total. The summed E-state index contributed by atoms with van der Waals surface area (Å²) in [6.45, 7) is 0.782. The van der Waals surface area contributed by atoms with E-state index in [0.717, 1.165) is 13.0 Å². The number of anilines is 1. The number of hydrogen-bond acceptors (Lipinski definition) is 2. The first-order chi connectivity index (χ1) is 10.7. The van der Waals surface area contributed by atoms with E-state index >= 15 is 0 Å². The van der Waals surface area contributed by atoms with Gasteiger partial charge in [-0.3, -0.25) is 0 Å². The Balaban J connectivity index is 1.99. The normalized spacial score (nSPS) is 17.1. The van der Waals surface area contributed by atoms with Crippen molar-refractivity contribution < 1.29 is 0 Å². The second-order valence-electron chi connectivity index (χ2n) is 6.52. The number of hydrogen-bond donors (Lipinski definition) is 1. The van der Waals surface area contributed by atoms with Gasteiger partial charge in [0.1, 0.15) is 0 Å². The Hall–Kier alpha value is -1.80. The number of benzene rings is 2. The van der Waals surface area contributed by atoms with Gasteiger partial charge in [-0.2, -0.15) is 0 Å². The number of fused-ring (bicyclic) bond motifs is 1. The van der Waals surface area contributed by atoms with Crippen molar-refractivity contribution in [2.75, 3.05) is 25.5 Å². The van der Waals surface area contributed by atoms with E-state index in [-0.39, 0.29) is 0 Å². The Morgan fingerprint density at radius 1 is 1.09 bits per heavy atom. The Labute approximate surface area is 134 Å². The van der Waals surface area contributed by atoms with Gasteiger partial charge in [-0.15, -0.1) is 0 Å². The van der Waals surface area contributed by atoms with Crippen molar-refractivity contribution in [1.82, 2.24) is 0 Å². The molecule has 0 saturated heterocycles. The summed E-state index contributed by atoms with van der Waals surface area (Å²) in [6, 6.07) is 15.8. The number of nitrogens with zero attached hydrogens (tertiary/aromatic N) is 1. The summed E-state index contributed by atoms with van der Waals surface area (Å²) in [5, 5.41) is 0. The van der Waals surface area contributed by atoms with Crippen LogP contribution in [0.1, 0.15) is 36.3 Å². The summed E-state index contributed by atoms with van der Waals surface area (Å²) in [6.07, 6.45) is 4.90. The molecule has 1 aliphatic carbocycles. The van der Waals surface area contributed by atoms with Gasteiger partial charge in [-0.25, -0.2) is 0 Å². The van der Waals surface area contributed by atoms with Crippen LogP contribution in [0.25, 0.3) is 11.1 Å². The van der Waals surface area contributed by atoms with Crippen molar-refractivity contribution in [2.24, 2.45) is 5.73 Å². The van der Waals surface area contributed by atoms with Crippen molar-refractivity contribution in [3.05, 3.63) is 53.6 Å². The fourth-order valence-corrected chi connectivity index (χ4v) is 3.54. The average Bonchev–Trinajstić information content (AvgIpc) is 2.55. The van der Waals surface area contributed by atoms with Crippen LogP contribution >= 0.6 is 0 Å². The first kappa shape index (κ1) is 15.1. The third kappa shape index (κ3) is 3.02. The molecule has 0 heterocycles. The van der Waals surface area contributed by atoms with Crippen molar-refractivity contribution in [3.8, 4) is 11.1 Å². The van der Waals surface area contributed by atoms with Crippen LogP contribution < -0.4 is 10.6 Å². The third-order valence-electron chi connectivity index (χ3n) is 4.80. The zero-order valence-corrected chi connectivity index (χ0v) is 13.7. The third-order valence-corrected chi connectivity index (χ3v) is 4.80. The standard InChI is InChI=1S/C20H26N2/c1-22(2)19-8-4-7-17(13-19)18-10-9-15-5-3-6-16(11-12-21)20(15)14-18/h4,7-10,13-14,16H,3,5-6,11-12,21H2,1-2H3. The van der Waals surface area contributed by atoms with E-state index in [1.807, 2.05) is 0 Å². The summed E-state index contributed by atoms with van der Waals surface area (Å²) in [5.41, 5.74) is 12.7. The van der Waals surface area contributed by atoms with Gasteiger partial charge in [0.15, 0.2) is 0 Å². The molecular formula is C20H26N2. The van der Waals surface area contributed by atoms with E-state index in [4.69, 9.17) is 5.73 Å². The number of aryl methyl sites for hydroxylation is 1. The molecule has 2 aromatic carbocycles. The molecule has 0 bridgehead atoms. The fourth-order valence-electron chi connectivity index (χ4n) is 3.54. The summed E-state index contributed by atoms with van der Waals surface area (Å²) in [5.74, 6) is 0.644. The van der Waals surface area contributed by atoms with Gasteiger partial charge in [-0.1, -0.05) is 30.3 Å². The second kappa shape index (κ2) is 6.53. The summed E-state index contributed by atoms with van der Waals surface area (Å²) in [4.78, 5) is 2.15. The summed E-state index contributed by atoms with van der Waals surface area (Å²) in [7, 11) is 4.17. The molecule has 0 aliphatic heterocycles. The maximum atomic E-state index is 5.81. The van der Waals surface area contributed by atoms with Crippen LogP contribution in [0.3, 0.4) is 0 Å². The van der Waals surface area contributed by atoms with Gasteiger partial charge in [0.05, 0.1) is 0 Å². The van der Waals surface area contributed by atoms with Gasteiger partial charge >= 0.3 is 0 Å². The largest absolute Gasteiger partial charge is 0.378 e. The molecule has 1 atom stereocenters. The molecule has 0 fully saturated rings. The Kier molecular flexibility index (Phi) is 4.49. The van der Waals surface area contributed by atoms with Gasteiger partial charge in [0, 0.05) is 19.8 Å². The lowest BCUT2D eigenvalue weighted by Crippen LogP contribution is -2.14. The molecule has 1 unspecified atom stereocenters. The SMILES string of the molecule is CN(C)c1cccc(-c2ccc3c(c2)C(CCN)CCC3)c1. The minimum absolute atomic E-state index is 0.644. The van der Waals surface area contributed by atoms with E-state index in [2.05, 4.69) is 61.5 Å². The molecule has 22 heavy (non-hydrogen) atoms. The van der Waals surface area contributed by atoms with Crippen LogP contribution in [-0.4, -0.2) is 20.6 Å². The van der Waals surface area contributed by atoms with Gasteiger partial charge in [-0.05, 0) is 72.5 Å². The highest BCUT2D eigenvalue weighted by Crippen LogP contribution is 2.36. The van der Waals surface area contributed by atoms with E-state index in [1.54, 1.807) is 0 Å². The molecule has 0 saturated carbocycles. The highest BCUT2D eigenvalue weighted by molar-refractivity contribution is 5.69. The van der Waals surface area contributed by atoms with Crippen LogP contribution in [0.5, 0.6) is 0 Å². The zero-order valence-electron chi connectivity index (χ0n) is 13.7. The molecule has 0 radical (unpaired) electrons. The van der Waals surface area contributed by atoms with Crippen molar-refractivity contribution in [1.29, 1.82) is 0 Å². The minimum Gasteiger partial charge on any atom is -0.378 e. The first-order valence-corrected chi connectivity index (χ1v) is 8.29. The van der Waals surface area contributed by atoms with Crippen LogP contribution in [0.4, 0.5) is 5.69 Å². The van der Waals surface area contributed by atoms with Crippen molar-refractivity contribution >= 4 is 5.69 Å². The average molecular weight is 294 g/mol. The lowest BCUT2D eigenvalue weighted by molar-refractivity contribution is 0.526. The number of nitrogens with two attached hydrogens (primary N) is 1. The second-order valence-corrected chi connectivity index (χ2v) is 6.52. The Morgan fingerprint density at radius 2 is 1.91 bits per heavy atom. The predicted octanol–water partition coefficient (Wildman–Crippen LogP) is 4.19.